The Balaban J connectivity index is 0.00000136. The smallest absolute Gasteiger partial charge is 0.148 e. The fraction of sp³-hybridized carbons (Fsp3) is 0.583. The van der Waals surface area contributed by atoms with Crippen molar-refractivity contribution in [3.63, 3.8) is 0 Å². The predicted molar refractivity (Wildman–Crippen MR) is 119 cm³/mol. The monoisotopic (exact) mass is 399 g/mol. The molecule has 0 amide bonds. The van der Waals surface area contributed by atoms with Crippen LogP contribution in [0.1, 0.15) is 74.6 Å². The van der Waals surface area contributed by atoms with Gasteiger partial charge in [0.2, 0.25) is 0 Å². The molecule has 0 bridgehead atoms. The van der Waals surface area contributed by atoms with E-state index in [4.69, 9.17) is 0 Å². The Labute approximate surface area is 174 Å². The molecule has 28 heavy (non-hydrogen) atoms. The Hall–Kier alpha value is -1.57. The van der Waals surface area contributed by atoms with Gasteiger partial charge in [-0.15, -0.1) is 5.92 Å². The zero-order valence-corrected chi connectivity index (χ0v) is 19.0. The molecule has 1 aromatic rings. The van der Waals surface area contributed by atoms with E-state index in [2.05, 4.69) is 22.4 Å². The van der Waals surface area contributed by atoms with Crippen molar-refractivity contribution >= 4 is 23.5 Å². The van der Waals surface area contributed by atoms with Crippen molar-refractivity contribution in [3.8, 4) is 11.8 Å². The topological polar surface area (TPSA) is 37.4 Å². The number of hydrogen-bond donors (Lipinski definition) is 0. The molecule has 1 aliphatic heterocycles. The van der Waals surface area contributed by atoms with Crippen LogP contribution in [0.25, 0.3) is 0 Å². The lowest BCUT2D eigenvalue weighted by atomic mass is 9.63. The van der Waals surface area contributed by atoms with Crippen LogP contribution in [0.3, 0.4) is 0 Å². The number of hydrogen-bond acceptors (Lipinski definition) is 4. The largest absolute Gasteiger partial charge is 0.299 e. The standard InChI is InChI=1S/C22H27NO2S.C2H6/c1-5-6-17-11-15(2)20(16(3)12-17)21-18(24)13-22(14-19(21)25)7-9-23(26-4)10-8-22;1-2/h11-12,21H,7-10,13-14H2,1-4H3;1-2H3. The highest BCUT2D eigenvalue weighted by Crippen LogP contribution is 2.47. The molecular formula is C24H33NO2S. The van der Waals surface area contributed by atoms with Crippen LogP contribution < -0.4 is 0 Å². The minimum Gasteiger partial charge on any atom is -0.299 e. The highest BCUT2D eigenvalue weighted by Gasteiger charge is 2.47. The molecule has 2 fully saturated rings. The second kappa shape index (κ2) is 9.76. The lowest BCUT2D eigenvalue weighted by Crippen LogP contribution is -2.45. The number of nitrogens with zero attached hydrogens (tertiary/aromatic N) is 1. The summed E-state index contributed by atoms with van der Waals surface area (Å²) in [5.41, 5.74) is 3.76. The molecule has 0 radical (unpaired) electrons. The summed E-state index contributed by atoms with van der Waals surface area (Å²) >= 11 is 1.75. The summed E-state index contributed by atoms with van der Waals surface area (Å²) in [7, 11) is 0. The van der Waals surface area contributed by atoms with Crippen molar-refractivity contribution in [2.24, 2.45) is 5.41 Å². The molecule has 1 spiro atoms. The highest BCUT2D eigenvalue weighted by molar-refractivity contribution is 7.96. The van der Waals surface area contributed by atoms with E-state index in [0.29, 0.717) is 12.8 Å². The summed E-state index contributed by atoms with van der Waals surface area (Å²) in [5.74, 6) is 5.62. The van der Waals surface area contributed by atoms with Crippen LogP contribution in [-0.4, -0.2) is 35.2 Å². The molecule has 1 aromatic carbocycles. The third kappa shape index (κ3) is 4.70. The molecule has 0 atom stereocenters. The molecule has 2 aliphatic rings. The molecular weight excluding hydrogens is 366 g/mol. The van der Waals surface area contributed by atoms with Crippen molar-refractivity contribution in [1.82, 2.24) is 4.31 Å². The van der Waals surface area contributed by atoms with E-state index in [0.717, 1.165) is 48.2 Å². The molecule has 3 nitrogen and oxygen atoms in total. The number of piperidine rings is 1. The molecule has 4 heteroatoms. The minimum atomic E-state index is -0.581. The summed E-state index contributed by atoms with van der Waals surface area (Å²) in [5, 5.41) is 0. The SMILES string of the molecule is CC.CC#Cc1cc(C)c(C2C(=O)CC3(CCN(SC)CC3)CC2=O)c(C)c1. The first kappa shape index (κ1) is 22.7. The summed E-state index contributed by atoms with van der Waals surface area (Å²) in [6, 6.07) is 4.00. The van der Waals surface area contributed by atoms with Crippen molar-refractivity contribution < 1.29 is 9.59 Å². The summed E-state index contributed by atoms with van der Waals surface area (Å²) in [4.78, 5) is 26.2. The maximum atomic E-state index is 13.1. The Kier molecular flexibility index (Phi) is 7.92. The molecule has 3 rings (SSSR count). The van der Waals surface area contributed by atoms with Gasteiger partial charge < -0.3 is 0 Å². The van der Waals surface area contributed by atoms with E-state index in [1.165, 1.54) is 0 Å². The average Bonchev–Trinajstić information content (AvgIpc) is 2.66. The van der Waals surface area contributed by atoms with E-state index in [-0.39, 0.29) is 17.0 Å². The first-order valence-electron chi connectivity index (χ1n) is 10.3. The van der Waals surface area contributed by atoms with Crippen LogP contribution in [-0.2, 0) is 9.59 Å². The highest BCUT2D eigenvalue weighted by atomic mass is 32.2. The second-order valence-corrected chi connectivity index (χ2v) is 8.61. The Bertz CT molecular complexity index is 752. The van der Waals surface area contributed by atoms with Gasteiger partial charge in [0.15, 0.2) is 0 Å². The van der Waals surface area contributed by atoms with Gasteiger partial charge >= 0.3 is 0 Å². The minimum absolute atomic E-state index is 0.105. The van der Waals surface area contributed by atoms with Gasteiger partial charge in [0.25, 0.3) is 0 Å². The number of ketones is 2. The van der Waals surface area contributed by atoms with Gasteiger partial charge in [0.1, 0.15) is 17.5 Å². The third-order valence-electron chi connectivity index (χ3n) is 5.94. The van der Waals surface area contributed by atoms with E-state index >= 15 is 0 Å². The first-order valence-corrected chi connectivity index (χ1v) is 11.5. The zero-order chi connectivity index (χ0) is 20.9. The van der Waals surface area contributed by atoms with Crippen LogP contribution in [0, 0.1) is 31.1 Å². The molecule has 1 saturated heterocycles. The number of aryl methyl sites for hydroxylation is 2. The Morgan fingerprint density at radius 3 is 1.96 bits per heavy atom. The molecule has 1 aliphatic carbocycles. The van der Waals surface area contributed by atoms with E-state index in [1.54, 1.807) is 11.9 Å². The number of carbonyl (C=O) groups excluding carboxylic acids is 2. The molecule has 1 heterocycles. The van der Waals surface area contributed by atoms with Crippen LogP contribution in [0.15, 0.2) is 12.1 Å². The van der Waals surface area contributed by atoms with E-state index < -0.39 is 5.92 Å². The molecule has 1 saturated carbocycles. The fourth-order valence-corrected chi connectivity index (χ4v) is 5.20. The van der Waals surface area contributed by atoms with Crippen LogP contribution in [0.5, 0.6) is 0 Å². The molecule has 152 valence electrons. The third-order valence-corrected chi connectivity index (χ3v) is 6.82. The number of Topliss-reactive ketones (excluding diaryl/α,β-unsaturated/α-hetero) is 2. The molecule has 0 unspecified atom stereocenters. The van der Waals surface area contributed by atoms with Gasteiger partial charge in [-0.3, -0.25) is 13.9 Å². The Morgan fingerprint density at radius 2 is 1.54 bits per heavy atom. The van der Waals surface area contributed by atoms with Gasteiger partial charge in [-0.1, -0.05) is 31.7 Å². The van der Waals surface area contributed by atoms with Gasteiger partial charge in [-0.2, -0.15) is 0 Å². The lowest BCUT2D eigenvalue weighted by molar-refractivity contribution is -0.137. The Morgan fingerprint density at radius 1 is 1.04 bits per heavy atom. The summed E-state index contributed by atoms with van der Waals surface area (Å²) in [6.45, 7) is 11.7. The lowest BCUT2D eigenvalue weighted by Gasteiger charge is -2.44. The van der Waals surface area contributed by atoms with Gasteiger partial charge in [0, 0.05) is 31.5 Å². The number of benzene rings is 1. The van der Waals surface area contributed by atoms with Gasteiger partial charge in [-0.25, -0.2) is 0 Å². The maximum absolute atomic E-state index is 13.1. The van der Waals surface area contributed by atoms with Gasteiger partial charge in [0.05, 0.1) is 0 Å². The fourth-order valence-electron chi connectivity index (χ4n) is 4.65. The summed E-state index contributed by atoms with van der Waals surface area (Å²) in [6.07, 6.45) is 5.06. The van der Waals surface area contributed by atoms with Crippen LogP contribution in [0.2, 0.25) is 0 Å². The molecule has 0 aromatic heterocycles. The van der Waals surface area contributed by atoms with Crippen molar-refractivity contribution in [2.45, 2.75) is 66.2 Å². The normalized spacial score (nSPS) is 19.6. The van der Waals surface area contributed by atoms with Crippen molar-refractivity contribution in [3.05, 3.63) is 34.4 Å². The number of carbonyl (C=O) groups is 2. The van der Waals surface area contributed by atoms with Crippen molar-refractivity contribution in [1.29, 1.82) is 0 Å². The molecule has 0 N–H and O–H groups in total. The number of rotatable bonds is 2. The maximum Gasteiger partial charge on any atom is 0.148 e. The predicted octanol–water partition coefficient (Wildman–Crippen LogP) is 5.08. The van der Waals surface area contributed by atoms with E-state index in [9.17, 15) is 9.59 Å². The van der Waals surface area contributed by atoms with E-state index in [1.807, 2.05) is 46.8 Å². The quantitative estimate of drug-likeness (QED) is 0.395. The van der Waals surface area contributed by atoms with Gasteiger partial charge in [-0.05, 0) is 74.1 Å². The second-order valence-electron chi connectivity index (χ2n) is 7.73. The first-order chi connectivity index (χ1) is 13.4. The average molecular weight is 400 g/mol. The zero-order valence-electron chi connectivity index (χ0n) is 18.1. The van der Waals surface area contributed by atoms with Crippen LogP contribution >= 0.6 is 11.9 Å². The van der Waals surface area contributed by atoms with Crippen molar-refractivity contribution in [2.75, 3.05) is 19.3 Å². The summed E-state index contributed by atoms with van der Waals surface area (Å²) < 4.78 is 2.33. The van der Waals surface area contributed by atoms with Crippen LogP contribution in [0.4, 0.5) is 0 Å².